The number of halogens is 3. The Morgan fingerprint density at radius 2 is 1.15 bits per heavy atom. The smallest absolute Gasteiger partial charge is 0.401 e. The van der Waals surface area contributed by atoms with Crippen LogP contribution in [-0.4, -0.2) is 64.5 Å². The molecule has 0 saturated heterocycles. The summed E-state index contributed by atoms with van der Waals surface area (Å²) in [7, 11) is -5.43. The molecule has 40 heavy (non-hydrogen) atoms. The van der Waals surface area contributed by atoms with E-state index >= 15 is 0 Å². The Labute approximate surface area is 236 Å². The lowest BCUT2D eigenvalue weighted by molar-refractivity contribution is -0.107. The summed E-state index contributed by atoms with van der Waals surface area (Å²) >= 11 is 0. The number of hydrogen-bond acceptors (Lipinski definition) is 7. The average molecular weight is 603 g/mol. The number of rotatable bonds is 14. The molecule has 0 amide bonds. The summed E-state index contributed by atoms with van der Waals surface area (Å²) < 4.78 is 83.6. The molecule has 3 aromatic rings. The molecular weight excluding hydrogens is 569 g/mol. The third-order valence-corrected chi connectivity index (χ3v) is 7.68. The Morgan fingerprint density at radius 1 is 0.700 bits per heavy atom. The molecule has 3 aromatic carbocycles. The van der Waals surface area contributed by atoms with Crippen molar-refractivity contribution < 1.29 is 45.1 Å². The highest BCUT2D eigenvalue weighted by atomic mass is 32.2. The topological polar surface area (TPSA) is 94.1 Å². The zero-order valence-corrected chi connectivity index (χ0v) is 23.9. The fraction of sp³-hybridized carbons (Fsp3) is 0.357. The molecule has 0 heterocycles. The van der Waals surface area contributed by atoms with Crippen LogP contribution in [0.1, 0.15) is 13.8 Å². The van der Waals surface area contributed by atoms with Crippen LogP contribution in [0.4, 0.5) is 13.2 Å². The predicted octanol–water partition coefficient (Wildman–Crippen LogP) is 5.71. The Hall–Kier alpha value is -2.77. The summed E-state index contributed by atoms with van der Waals surface area (Å²) in [4.78, 5) is 3.65. The van der Waals surface area contributed by atoms with Crippen LogP contribution < -0.4 is 9.47 Å². The molecule has 220 valence electrons. The van der Waals surface area contributed by atoms with Gasteiger partial charge in [0.1, 0.15) is 40.6 Å². The lowest BCUT2D eigenvalue weighted by Gasteiger charge is -2.12. The van der Waals surface area contributed by atoms with Crippen molar-refractivity contribution in [3.63, 3.8) is 0 Å². The van der Waals surface area contributed by atoms with Crippen LogP contribution in [0.2, 0.25) is 0 Å². The quantitative estimate of drug-likeness (QED) is 0.133. The lowest BCUT2D eigenvalue weighted by atomic mass is 10.3. The van der Waals surface area contributed by atoms with Gasteiger partial charge >= 0.3 is 6.18 Å². The van der Waals surface area contributed by atoms with E-state index in [1.807, 2.05) is 32.0 Å². The first kappa shape index (κ1) is 33.4. The van der Waals surface area contributed by atoms with Gasteiger partial charge in [-0.2, -0.15) is 13.2 Å². The van der Waals surface area contributed by atoms with Crippen molar-refractivity contribution >= 4 is 21.0 Å². The monoisotopic (exact) mass is 602 g/mol. The average Bonchev–Trinajstić information content (AvgIpc) is 2.89. The largest absolute Gasteiger partial charge is 0.748 e. The lowest BCUT2D eigenvalue weighted by Crippen LogP contribution is -2.21. The molecule has 0 unspecified atom stereocenters. The normalized spacial score (nSPS) is 11.6. The van der Waals surface area contributed by atoms with Gasteiger partial charge in [-0.25, -0.2) is 8.42 Å². The van der Waals surface area contributed by atoms with E-state index in [4.69, 9.17) is 18.9 Å². The van der Waals surface area contributed by atoms with Crippen molar-refractivity contribution in [3.8, 4) is 11.5 Å². The highest BCUT2D eigenvalue weighted by Crippen LogP contribution is 2.34. The van der Waals surface area contributed by atoms with Crippen LogP contribution in [0.3, 0.4) is 0 Å². The molecular formula is C28H33F3O7S2. The summed E-state index contributed by atoms with van der Waals surface area (Å²) in [6, 6.07) is 27.2. The standard InChI is InChI=1S/C26H31O4S.C2H3F3O3S/c1-3-27-16-18-29-22-10-8-14-25(20-22)31(24-12-6-5-7-13-24)26-15-9-11-23(21-26)30-19-17-28-4-2;3-2(4,5)1-9(6,7)8/h5-15,20-21H,3-4,16-19H2,1-2H3;1H2,(H,6,7,8)/q+1;/p-1. The number of alkyl halides is 3. The summed E-state index contributed by atoms with van der Waals surface area (Å²) in [6.45, 7) is 7.63. The van der Waals surface area contributed by atoms with E-state index in [1.54, 1.807) is 0 Å². The fourth-order valence-corrected chi connectivity index (χ4v) is 5.82. The highest BCUT2D eigenvalue weighted by Gasteiger charge is 2.30. The molecule has 12 heteroatoms. The van der Waals surface area contributed by atoms with Gasteiger partial charge in [-0.3, -0.25) is 0 Å². The van der Waals surface area contributed by atoms with Crippen LogP contribution in [0, 0.1) is 0 Å². The van der Waals surface area contributed by atoms with Gasteiger partial charge in [-0.05, 0) is 50.2 Å². The molecule has 0 fully saturated rings. The first-order valence-corrected chi connectivity index (χ1v) is 15.2. The van der Waals surface area contributed by atoms with E-state index in [0.29, 0.717) is 39.6 Å². The number of ether oxygens (including phenoxy) is 4. The van der Waals surface area contributed by atoms with Gasteiger partial charge in [0.25, 0.3) is 0 Å². The van der Waals surface area contributed by atoms with Gasteiger partial charge in [-0.1, -0.05) is 30.3 Å². The molecule has 0 radical (unpaired) electrons. The molecule has 0 aliphatic rings. The molecule has 0 aliphatic heterocycles. The Bertz CT molecular complexity index is 1180. The SMILES string of the molecule is CCOCCOc1cccc([S+](c2ccccc2)c2cccc(OCCOCC)c2)c1.O=S(=O)([O-])CC(F)(F)F. The number of hydrogen-bond donors (Lipinski definition) is 0. The number of benzene rings is 3. The minimum absolute atomic E-state index is 0.276. The van der Waals surface area contributed by atoms with E-state index in [1.165, 1.54) is 14.7 Å². The first-order chi connectivity index (χ1) is 19.0. The molecule has 0 aliphatic carbocycles. The minimum atomic E-state index is -5.16. The Morgan fingerprint density at radius 3 is 1.52 bits per heavy atom. The van der Waals surface area contributed by atoms with Crippen molar-refractivity contribution in [3.05, 3.63) is 78.9 Å². The van der Waals surface area contributed by atoms with Crippen LogP contribution in [-0.2, 0) is 30.5 Å². The summed E-state index contributed by atoms with van der Waals surface area (Å²) in [5.74, 6) is -0.579. The second-order valence-electron chi connectivity index (χ2n) is 7.98. The van der Waals surface area contributed by atoms with Gasteiger partial charge in [-0.15, -0.1) is 0 Å². The van der Waals surface area contributed by atoms with Gasteiger partial charge in [0.15, 0.2) is 14.7 Å². The Balaban J connectivity index is 0.000000536. The second kappa shape index (κ2) is 17.1. The van der Waals surface area contributed by atoms with Gasteiger partial charge in [0.05, 0.1) is 24.1 Å². The highest BCUT2D eigenvalue weighted by molar-refractivity contribution is 7.97. The summed E-state index contributed by atoms with van der Waals surface area (Å²) in [6.07, 6.45) is -4.92. The zero-order chi connectivity index (χ0) is 29.4. The molecule has 0 bridgehead atoms. The van der Waals surface area contributed by atoms with Gasteiger partial charge in [0, 0.05) is 25.3 Å². The van der Waals surface area contributed by atoms with E-state index in [-0.39, 0.29) is 10.9 Å². The maximum Gasteiger partial charge on any atom is 0.401 e. The van der Waals surface area contributed by atoms with E-state index in [0.717, 1.165) is 11.5 Å². The maximum atomic E-state index is 11.0. The molecule has 0 atom stereocenters. The molecule has 0 saturated carbocycles. The van der Waals surface area contributed by atoms with Crippen molar-refractivity contribution in [1.29, 1.82) is 0 Å². The molecule has 7 nitrogen and oxygen atoms in total. The third-order valence-electron chi connectivity index (χ3n) is 4.80. The van der Waals surface area contributed by atoms with Crippen molar-refractivity contribution in [2.45, 2.75) is 34.7 Å². The maximum absolute atomic E-state index is 11.0. The third kappa shape index (κ3) is 13.5. The predicted molar refractivity (Wildman–Crippen MR) is 146 cm³/mol. The van der Waals surface area contributed by atoms with Crippen LogP contribution in [0.25, 0.3) is 0 Å². The molecule has 0 aromatic heterocycles. The van der Waals surface area contributed by atoms with E-state index in [2.05, 4.69) is 60.7 Å². The van der Waals surface area contributed by atoms with E-state index in [9.17, 15) is 26.1 Å². The first-order valence-electron chi connectivity index (χ1n) is 12.4. The van der Waals surface area contributed by atoms with Crippen molar-refractivity contribution in [2.75, 3.05) is 45.4 Å². The van der Waals surface area contributed by atoms with Gasteiger partial charge < -0.3 is 23.5 Å². The summed E-state index contributed by atoms with van der Waals surface area (Å²) in [5, 5.41) is 0. The van der Waals surface area contributed by atoms with Gasteiger partial charge in [0.2, 0.25) is 0 Å². The molecule has 3 rings (SSSR count). The van der Waals surface area contributed by atoms with Crippen molar-refractivity contribution in [1.82, 2.24) is 0 Å². The van der Waals surface area contributed by atoms with Crippen molar-refractivity contribution in [2.24, 2.45) is 0 Å². The molecule has 0 spiro atoms. The fourth-order valence-electron chi connectivity index (χ4n) is 3.27. The van der Waals surface area contributed by atoms with Crippen LogP contribution in [0.15, 0.2) is 93.5 Å². The van der Waals surface area contributed by atoms with Crippen LogP contribution >= 0.6 is 0 Å². The zero-order valence-electron chi connectivity index (χ0n) is 22.3. The Kier molecular flexibility index (Phi) is 14.3. The van der Waals surface area contributed by atoms with Crippen LogP contribution in [0.5, 0.6) is 11.5 Å². The summed E-state index contributed by atoms with van der Waals surface area (Å²) in [5.41, 5.74) is 0. The second-order valence-corrected chi connectivity index (χ2v) is 11.4. The minimum Gasteiger partial charge on any atom is -0.748 e. The molecule has 0 N–H and O–H groups in total. The van der Waals surface area contributed by atoms with E-state index < -0.39 is 22.0 Å².